The molecule has 4 rings (SSSR count). The zero-order chi connectivity index (χ0) is 15.8. The Morgan fingerprint density at radius 2 is 2.00 bits per heavy atom. The highest BCUT2D eigenvalue weighted by molar-refractivity contribution is 9.10. The molecule has 4 heteroatoms. The summed E-state index contributed by atoms with van der Waals surface area (Å²) in [6.45, 7) is 0. The van der Waals surface area contributed by atoms with Gasteiger partial charge in [0, 0.05) is 21.0 Å². The number of hydrogen-bond donors (Lipinski definition) is 2. The van der Waals surface area contributed by atoms with E-state index in [-0.39, 0.29) is 0 Å². The molecule has 0 amide bonds. The summed E-state index contributed by atoms with van der Waals surface area (Å²) in [6, 6.07) is 15.8. The van der Waals surface area contributed by atoms with Crippen LogP contribution in [0, 0.1) is 5.92 Å². The van der Waals surface area contributed by atoms with Crippen LogP contribution in [0.1, 0.15) is 29.5 Å². The highest BCUT2D eigenvalue weighted by atomic mass is 79.9. The molecule has 0 radical (unpaired) electrons. The van der Waals surface area contributed by atoms with Crippen molar-refractivity contribution < 1.29 is 0 Å². The van der Waals surface area contributed by atoms with Gasteiger partial charge in [-0.3, -0.25) is 4.72 Å². The van der Waals surface area contributed by atoms with Crippen LogP contribution in [0.25, 0.3) is 0 Å². The van der Waals surface area contributed by atoms with E-state index < -0.39 is 0 Å². The van der Waals surface area contributed by atoms with Gasteiger partial charge in [0.2, 0.25) is 0 Å². The average molecular weight is 387 g/mol. The van der Waals surface area contributed by atoms with Crippen molar-refractivity contribution >= 4 is 33.6 Å². The maximum absolute atomic E-state index is 3.79. The van der Waals surface area contributed by atoms with Gasteiger partial charge in [-0.25, -0.2) is 0 Å². The second-order valence-electron chi connectivity index (χ2n) is 6.08. The van der Waals surface area contributed by atoms with E-state index in [2.05, 4.69) is 80.6 Å². The van der Waals surface area contributed by atoms with Crippen molar-refractivity contribution in [2.45, 2.75) is 23.3 Å². The van der Waals surface area contributed by atoms with E-state index in [4.69, 9.17) is 0 Å². The van der Waals surface area contributed by atoms with Crippen molar-refractivity contribution in [1.82, 2.24) is 4.72 Å². The predicted octanol–water partition coefficient (Wildman–Crippen LogP) is 5.50. The van der Waals surface area contributed by atoms with Gasteiger partial charge >= 0.3 is 0 Å². The molecule has 1 aliphatic heterocycles. The van der Waals surface area contributed by atoms with Crippen molar-refractivity contribution in [1.29, 1.82) is 0 Å². The van der Waals surface area contributed by atoms with Crippen LogP contribution in [-0.2, 0) is 0 Å². The lowest BCUT2D eigenvalue weighted by molar-refractivity contribution is 0.425. The summed E-state index contributed by atoms with van der Waals surface area (Å²) in [4.78, 5) is 1.27. The van der Waals surface area contributed by atoms with Gasteiger partial charge in [0.1, 0.15) is 0 Å². The summed E-state index contributed by atoms with van der Waals surface area (Å²) in [7, 11) is 1.96. The van der Waals surface area contributed by atoms with Crippen LogP contribution in [0.5, 0.6) is 0 Å². The molecule has 2 aromatic rings. The number of anilines is 1. The molecule has 2 aromatic carbocycles. The quantitative estimate of drug-likeness (QED) is 0.537. The molecule has 0 fully saturated rings. The van der Waals surface area contributed by atoms with Crippen molar-refractivity contribution in [2.24, 2.45) is 5.92 Å². The molecule has 0 saturated heterocycles. The van der Waals surface area contributed by atoms with Gasteiger partial charge in [0.05, 0.1) is 6.04 Å². The summed E-state index contributed by atoms with van der Waals surface area (Å²) >= 11 is 5.21. The largest absolute Gasteiger partial charge is 0.378 e. The Hall–Kier alpha value is -1.23. The first-order valence-electron chi connectivity index (χ1n) is 7.92. The van der Waals surface area contributed by atoms with Crippen molar-refractivity contribution in [3.63, 3.8) is 0 Å². The number of rotatable bonds is 3. The molecule has 1 aliphatic carbocycles. The zero-order valence-corrected chi connectivity index (χ0v) is 15.3. The van der Waals surface area contributed by atoms with Gasteiger partial charge in [-0.15, -0.1) is 0 Å². The normalized spacial score (nSPS) is 24.9. The molecule has 118 valence electrons. The van der Waals surface area contributed by atoms with Gasteiger partial charge in [-0.05, 0) is 72.8 Å². The zero-order valence-electron chi connectivity index (χ0n) is 12.9. The standard InChI is InChI=1S/C19H19BrN2S/c1-21-23-14-9-10-18-17(11-14)15-3-2-4-16(15)19(22-18)12-5-7-13(20)8-6-12/h2-3,5-11,15-16,19,21-22H,4H2,1H3. The third-order valence-corrected chi connectivity index (χ3v) is 6.01. The molecule has 3 atom stereocenters. The average Bonchev–Trinajstić information content (AvgIpc) is 3.05. The fraction of sp³-hybridized carbons (Fsp3) is 0.263. The van der Waals surface area contributed by atoms with Gasteiger partial charge < -0.3 is 5.32 Å². The molecule has 2 nitrogen and oxygen atoms in total. The number of benzene rings is 2. The van der Waals surface area contributed by atoms with Crippen molar-refractivity contribution in [2.75, 3.05) is 12.4 Å². The Morgan fingerprint density at radius 3 is 2.78 bits per heavy atom. The fourth-order valence-electron chi connectivity index (χ4n) is 3.75. The molecule has 3 unspecified atom stereocenters. The van der Waals surface area contributed by atoms with E-state index in [0.29, 0.717) is 17.9 Å². The first-order valence-corrected chi connectivity index (χ1v) is 9.53. The van der Waals surface area contributed by atoms with Gasteiger partial charge in [0.25, 0.3) is 0 Å². The number of hydrogen-bond acceptors (Lipinski definition) is 3. The molecular weight excluding hydrogens is 368 g/mol. The summed E-state index contributed by atoms with van der Waals surface area (Å²) in [5.74, 6) is 1.11. The minimum absolute atomic E-state index is 0.374. The third-order valence-electron chi connectivity index (χ3n) is 4.78. The number of nitrogens with one attached hydrogen (secondary N) is 2. The molecule has 2 N–H and O–H groups in total. The molecule has 23 heavy (non-hydrogen) atoms. The Balaban J connectivity index is 1.72. The SMILES string of the molecule is CNSc1ccc2c(c1)C1C=CCC1C(c1ccc(Br)cc1)N2. The molecule has 0 bridgehead atoms. The summed E-state index contributed by atoms with van der Waals surface area (Å²) < 4.78 is 4.30. The third kappa shape index (κ3) is 2.84. The Labute approximate surface area is 150 Å². The van der Waals surface area contributed by atoms with Crippen molar-refractivity contribution in [3.8, 4) is 0 Å². The van der Waals surface area contributed by atoms with E-state index >= 15 is 0 Å². The highest BCUT2D eigenvalue weighted by Gasteiger charge is 2.37. The minimum atomic E-state index is 0.374. The molecule has 1 heterocycles. The lowest BCUT2D eigenvalue weighted by atomic mass is 9.77. The van der Waals surface area contributed by atoms with E-state index in [1.807, 2.05) is 7.05 Å². The highest BCUT2D eigenvalue weighted by Crippen LogP contribution is 2.50. The van der Waals surface area contributed by atoms with Crippen LogP contribution in [-0.4, -0.2) is 7.05 Å². The van der Waals surface area contributed by atoms with Gasteiger partial charge in [-0.2, -0.15) is 0 Å². The lowest BCUT2D eigenvalue weighted by Gasteiger charge is -2.37. The number of halogens is 1. The number of fused-ring (bicyclic) bond motifs is 3. The van der Waals surface area contributed by atoms with Crippen LogP contribution in [0.3, 0.4) is 0 Å². The maximum Gasteiger partial charge on any atom is 0.0553 e. The van der Waals surface area contributed by atoms with Crippen LogP contribution in [0.4, 0.5) is 5.69 Å². The summed E-state index contributed by atoms with van der Waals surface area (Å²) in [5.41, 5.74) is 4.06. The Bertz CT molecular complexity index is 742. The van der Waals surface area contributed by atoms with Crippen LogP contribution in [0.2, 0.25) is 0 Å². The van der Waals surface area contributed by atoms with Crippen LogP contribution in [0.15, 0.2) is 64.0 Å². The molecule has 0 spiro atoms. The predicted molar refractivity (Wildman–Crippen MR) is 102 cm³/mol. The van der Waals surface area contributed by atoms with E-state index in [1.54, 1.807) is 11.9 Å². The van der Waals surface area contributed by atoms with E-state index in [1.165, 1.54) is 21.7 Å². The first-order chi connectivity index (χ1) is 11.3. The Kier molecular flexibility index (Phi) is 4.22. The molecular formula is C19H19BrN2S. The minimum Gasteiger partial charge on any atom is -0.378 e. The fourth-order valence-corrected chi connectivity index (χ4v) is 4.58. The van der Waals surface area contributed by atoms with Gasteiger partial charge in [0.15, 0.2) is 0 Å². The van der Waals surface area contributed by atoms with Crippen LogP contribution >= 0.6 is 27.9 Å². The molecule has 2 aliphatic rings. The maximum atomic E-state index is 3.79. The second kappa shape index (κ2) is 6.34. The van der Waals surface area contributed by atoms with E-state index in [0.717, 1.165) is 10.9 Å². The van der Waals surface area contributed by atoms with Crippen molar-refractivity contribution in [3.05, 3.63) is 70.2 Å². The number of allylic oxidation sites excluding steroid dienone is 2. The van der Waals surface area contributed by atoms with E-state index in [9.17, 15) is 0 Å². The monoisotopic (exact) mass is 386 g/mol. The molecule has 0 aromatic heterocycles. The van der Waals surface area contributed by atoms with Gasteiger partial charge in [-0.1, -0.05) is 40.2 Å². The first kappa shape index (κ1) is 15.3. The summed E-state index contributed by atoms with van der Waals surface area (Å²) in [6.07, 6.45) is 5.88. The summed E-state index contributed by atoms with van der Waals surface area (Å²) in [5, 5.41) is 3.79. The topological polar surface area (TPSA) is 24.1 Å². The Morgan fingerprint density at radius 1 is 1.17 bits per heavy atom. The lowest BCUT2D eigenvalue weighted by Crippen LogP contribution is -2.29. The smallest absolute Gasteiger partial charge is 0.0553 e. The second-order valence-corrected chi connectivity index (χ2v) is 8.08. The van der Waals surface area contributed by atoms with Crippen LogP contribution < -0.4 is 10.0 Å². The molecule has 0 saturated carbocycles.